The summed E-state index contributed by atoms with van der Waals surface area (Å²) in [5.41, 5.74) is 6.85. The Bertz CT molecular complexity index is 521. The minimum absolute atomic E-state index is 0.0583. The number of nitrogen functional groups attached to an aromatic ring is 1. The Morgan fingerprint density at radius 2 is 2.11 bits per heavy atom. The molecule has 0 radical (unpaired) electrons. The Morgan fingerprint density at radius 1 is 1.44 bits per heavy atom. The summed E-state index contributed by atoms with van der Waals surface area (Å²) in [5.74, 6) is -0.483. The summed E-state index contributed by atoms with van der Waals surface area (Å²) in [6.45, 7) is 3.51. The molecule has 8 heteroatoms. The van der Waals surface area contributed by atoms with E-state index in [-0.39, 0.29) is 23.7 Å². The topological polar surface area (TPSA) is 118 Å². The van der Waals surface area contributed by atoms with Gasteiger partial charge < -0.3 is 11.1 Å². The molecular formula is C10H18N4O3S. The first kappa shape index (κ1) is 14.5. The van der Waals surface area contributed by atoms with E-state index >= 15 is 0 Å². The molecule has 0 aliphatic rings. The zero-order valence-corrected chi connectivity index (χ0v) is 11.3. The maximum absolute atomic E-state index is 11.7. The van der Waals surface area contributed by atoms with Gasteiger partial charge in [-0.25, -0.2) is 8.42 Å². The van der Waals surface area contributed by atoms with Gasteiger partial charge in [-0.05, 0) is 6.42 Å². The van der Waals surface area contributed by atoms with Crippen LogP contribution in [0.3, 0.4) is 0 Å². The predicted octanol–water partition coefficient (Wildman–Crippen LogP) is -0.281. The first-order chi connectivity index (χ1) is 8.41. The highest BCUT2D eigenvalue weighted by Crippen LogP contribution is 2.13. The average molecular weight is 274 g/mol. The number of aromatic nitrogens is 2. The highest BCUT2D eigenvalue weighted by molar-refractivity contribution is 7.91. The molecule has 0 aromatic carbocycles. The van der Waals surface area contributed by atoms with Crippen LogP contribution in [0.5, 0.6) is 0 Å². The monoisotopic (exact) mass is 274 g/mol. The van der Waals surface area contributed by atoms with E-state index in [9.17, 15) is 13.2 Å². The van der Waals surface area contributed by atoms with Gasteiger partial charge in [-0.1, -0.05) is 13.8 Å². The van der Waals surface area contributed by atoms with Gasteiger partial charge in [0, 0.05) is 12.3 Å². The molecule has 0 atom stereocenters. The summed E-state index contributed by atoms with van der Waals surface area (Å²) >= 11 is 0. The predicted molar refractivity (Wildman–Crippen MR) is 69.0 cm³/mol. The number of aromatic amines is 1. The lowest BCUT2D eigenvalue weighted by molar-refractivity contribution is 0.0952. The number of nitrogens with two attached hydrogens (primary N) is 1. The average Bonchev–Trinajstić information content (AvgIpc) is 2.70. The summed E-state index contributed by atoms with van der Waals surface area (Å²) in [4.78, 5) is 11.7. The van der Waals surface area contributed by atoms with Crippen LogP contribution in [-0.2, 0) is 16.3 Å². The van der Waals surface area contributed by atoms with Gasteiger partial charge in [0.2, 0.25) is 0 Å². The van der Waals surface area contributed by atoms with Gasteiger partial charge in [-0.2, -0.15) is 5.10 Å². The van der Waals surface area contributed by atoms with Crippen LogP contribution in [-0.4, -0.2) is 42.6 Å². The summed E-state index contributed by atoms with van der Waals surface area (Å²) < 4.78 is 22.5. The van der Waals surface area contributed by atoms with E-state index in [0.29, 0.717) is 17.8 Å². The zero-order chi connectivity index (χ0) is 13.8. The van der Waals surface area contributed by atoms with Crippen LogP contribution in [0, 0.1) is 0 Å². The maximum atomic E-state index is 11.7. The molecule has 7 nitrogen and oxygen atoms in total. The fourth-order valence-corrected chi connectivity index (χ4v) is 2.08. The van der Waals surface area contributed by atoms with E-state index in [1.807, 2.05) is 6.92 Å². The third-order valence-electron chi connectivity index (χ3n) is 2.59. The minimum Gasteiger partial charge on any atom is -0.395 e. The lowest BCUT2D eigenvalue weighted by atomic mass is 10.2. The van der Waals surface area contributed by atoms with Gasteiger partial charge in [-0.3, -0.25) is 9.89 Å². The molecule has 0 bridgehead atoms. The summed E-state index contributed by atoms with van der Waals surface area (Å²) in [5, 5.41) is 8.97. The Morgan fingerprint density at radius 3 is 2.61 bits per heavy atom. The van der Waals surface area contributed by atoms with E-state index in [2.05, 4.69) is 15.5 Å². The van der Waals surface area contributed by atoms with Gasteiger partial charge in [0.15, 0.2) is 15.5 Å². The molecule has 0 saturated carbocycles. The second-order valence-electron chi connectivity index (χ2n) is 3.81. The number of nitrogens with zero attached hydrogens (tertiary/aromatic N) is 1. The number of carbonyl (C=O) groups excluding carboxylic acids is 1. The fraction of sp³-hybridized carbons (Fsp3) is 0.600. The zero-order valence-electron chi connectivity index (χ0n) is 10.5. The van der Waals surface area contributed by atoms with Crippen molar-refractivity contribution < 1.29 is 13.2 Å². The Labute approximate surface area is 106 Å². The van der Waals surface area contributed by atoms with Crippen molar-refractivity contribution in [3.63, 3.8) is 0 Å². The molecule has 1 rings (SSSR count). The second-order valence-corrected chi connectivity index (χ2v) is 6.28. The molecule has 1 aromatic heterocycles. The quantitative estimate of drug-likeness (QED) is 0.659. The molecule has 0 spiro atoms. The van der Waals surface area contributed by atoms with Crippen LogP contribution in [0.25, 0.3) is 0 Å². The van der Waals surface area contributed by atoms with Gasteiger partial charge in [0.25, 0.3) is 5.91 Å². The smallest absolute Gasteiger partial charge is 0.273 e. The van der Waals surface area contributed by atoms with Crippen molar-refractivity contribution in [1.82, 2.24) is 15.5 Å². The van der Waals surface area contributed by atoms with Crippen LogP contribution in [0.4, 0.5) is 5.69 Å². The molecule has 4 N–H and O–H groups in total. The number of sulfone groups is 1. The molecule has 0 aliphatic carbocycles. The molecule has 102 valence electrons. The van der Waals surface area contributed by atoms with Crippen molar-refractivity contribution in [2.24, 2.45) is 0 Å². The maximum Gasteiger partial charge on any atom is 0.273 e. The number of anilines is 1. The molecule has 1 aromatic rings. The third kappa shape index (κ3) is 3.46. The number of carbonyl (C=O) groups is 1. The van der Waals surface area contributed by atoms with Gasteiger partial charge >= 0.3 is 0 Å². The highest BCUT2D eigenvalue weighted by Gasteiger charge is 2.16. The van der Waals surface area contributed by atoms with E-state index < -0.39 is 15.7 Å². The van der Waals surface area contributed by atoms with E-state index in [1.54, 1.807) is 6.92 Å². The van der Waals surface area contributed by atoms with Crippen molar-refractivity contribution in [3.05, 3.63) is 11.4 Å². The van der Waals surface area contributed by atoms with E-state index in [0.717, 1.165) is 0 Å². The Kier molecular flexibility index (Phi) is 4.71. The number of aryl methyl sites for hydroxylation is 1. The fourth-order valence-electron chi connectivity index (χ4n) is 1.38. The van der Waals surface area contributed by atoms with Gasteiger partial charge in [-0.15, -0.1) is 0 Å². The molecule has 1 heterocycles. The SMILES string of the molecule is CCc1[nH]nc(C(=O)NCCS(=O)(=O)CC)c1N. The Balaban J connectivity index is 2.58. The normalized spacial score (nSPS) is 11.4. The second kappa shape index (κ2) is 5.85. The summed E-state index contributed by atoms with van der Waals surface area (Å²) in [6, 6.07) is 0. The van der Waals surface area contributed by atoms with Crippen molar-refractivity contribution in [2.75, 3.05) is 23.8 Å². The van der Waals surface area contributed by atoms with Crippen LogP contribution < -0.4 is 11.1 Å². The lowest BCUT2D eigenvalue weighted by Gasteiger charge is -2.04. The lowest BCUT2D eigenvalue weighted by Crippen LogP contribution is -2.30. The van der Waals surface area contributed by atoms with Crippen LogP contribution in [0.15, 0.2) is 0 Å². The van der Waals surface area contributed by atoms with Crippen molar-refractivity contribution in [3.8, 4) is 0 Å². The molecular weight excluding hydrogens is 256 g/mol. The van der Waals surface area contributed by atoms with E-state index in [1.165, 1.54) is 0 Å². The van der Waals surface area contributed by atoms with Gasteiger partial charge in [0.1, 0.15) is 0 Å². The summed E-state index contributed by atoms with van der Waals surface area (Å²) in [7, 11) is -3.08. The standard InChI is InChI=1S/C10H18N4O3S/c1-3-7-8(11)9(14-13-7)10(15)12-5-6-18(16,17)4-2/h3-6,11H2,1-2H3,(H,12,15)(H,13,14). The largest absolute Gasteiger partial charge is 0.395 e. The van der Waals surface area contributed by atoms with Gasteiger partial charge in [0.05, 0.1) is 17.1 Å². The highest BCUT2D eigenvalue weighted by atomic mass is 32.2. The van der Waals surface area contributed by atoms with Crippen LogP contribution in [0.1, 0.15) is 30.0 Å². The number of H-pyrrole nitrogens is 1. The molecule has 0 fully saturated rings. The molecule has 0 aliphatic heterocycles. The Hall–Kier alpha value is -1.57. The van der Waals surface area contributed by atoms with Crippen molar-refractivity contribution >= 4 is 21.4 Å². The first-order valence-corrected chi connectivity index (χ1v) is 7.54. The minimum atomic E-state index is -3.08. The third-order valence-corrected chi connectivity index (χ3v) is 4.30. The van der Waals surface area contributed by atoms with Crippen LogP contribution in [0.2, 0.25) is 0 Å². The number of hydrogen-bond donors (Lipinski definition) is 3. The number of amides is 1. The number of nitrogens with one attached hydrogen (secondary N) is 2. The number of hydrogen-bond acceptors (Lipinski definition) is 5. The molecule has 0 unspecified atom stereocenters. The molecule has 0 saturated heterocycles. The molecule has 1 amide bonds. The number of rotatable bonds is 6. The first-order valence-electron chi connectivity index (χ1n) is 5.72. The summed E-state index contributed by atoms with van der Waals surface area (Å²) in [6.07, 6.45) is 0.649. The van der Waals surface area contributed by atoms with E-state index in [4.69, 9.17) is 5.73 Å². The molecule has 18 heavy (non-hydrogen) atoms. The van der Waals surface area contributed by atoms with Crippen molar-refractivity contribution in [2.45, 2.75) is 20.3 Å². The van der Waals surface area contributed by atoms with Crippen molar-refractivity contribution in [1.29, 1.82) is 0 Å². The van der Waals surface area contributed by atoms with Crippen LogP contribution >= 0.6 is 0 Å².